The number of nitrogens with zero attached hydrogens (tertiary/aromatic N) is 1. The average Bonchev–Trinajstić information content (AvgIpc) is 2.84. The fraction of sp³-hybridized carbons (Fsp3) is 0.462. The van der Waals surface area contributed by atoms with Crippen LogP contribution in [0.25, 0.3) is 0 Å². The molecule has 1 atom stereocenters. The molecule has 0 aliphatic carbocycles. The maximum Gasteiger partial charge on any atom is 0.257 e. The van der Waals surface area contributed by atoms with Crippen molar-refractivity contribution in [1.82, 2.24) is 4.90 Å². The molecule has 2 N–H and O–H groups in total. The number of amides is 1. The van der Waals surface area contributed by atoms with E-state index in [9.17, 15) is 4.79 Å². The second-order valence-corrected chi connectivity index (χ2v) is 4.63. The number of halogens is 1. The van der Waals surface area contributed by atoms with Crippen molar-refractivity contribution >= 4 is 18.3 Å². The number of rotatable bonds is 1. The van der Waals surface area contributed by atoms with E-state index >= 15 is 0 Å². The summed E-state index contributed by atoms with van der Waals surface area (Å²) in [7, 11) is 0. The first kappa shape index (κ1) is 14.0. The van der Waals surface area contributed by atoms with E-state index in [1.807, 2.05) is 12.1 Å². The first-order valence-electron chi connectivity index (χ1n) is 6.19. The predicted octanol–water partition coefficient (Wildman–Crippen LogP) is 1.05. The molecule has 1 fully saturated rings. The van der Waals surface area contributed by atoms with Gasteiger partial charge in [-0.1, -0.05) is 6.07 Å². The van der Waals surface area contributed by atoms with Gasteiger partial charge in [0.05, 0.1) is 5.56 Å². The molecule has 0 saturated carbocycles. The number of para-hydroxylation sites is 1. The highest BCUT2D eigenvalue weighted by atomic mass is 35.5. The normalized spacial score (nSPS) is 20.9. The second-order valence-electron chi connectivity index (χ2n) is 4.63. The van der Waals surface area contributed by atoms with Crippen molar-refractivity contribution in [2.75, 3.05) is 26.3 Å². The van der Waals surface area contributed by atoms with Crippen molar-refractivity contribution in [2.45, 2.75) is 12.5 Å². The number of hydrogen-bond acceptors (Lipinski definition) is 4. The van der Waals surface area contributed by atoms with Gasteiger partial charge in [0.25, 0.3) is 5.91 Å². The third kappa shape index (κ3) is 2.62. The lowest BCUT2D eigenvalue weighted by atomic mass is 10.1. The summed E-state index contributed by atoms with van der Waals surface area (Å²) in [5.74, 6) is 1.19. The third-order valence-electron chi connectivity index (χ3n) is 3.31. The Morgan fingerprint density at radius 3 is 2.84 bits per heavy atom. The number of fused-ring (bicyclic) bond motifs is 1. The van der Waals surface area contributed by atoms with E-state index in [4.69, 9.17) is 15.2 Å². The van der Waals surface area contributed by atoms with Crippen molar-refractivity contribution in [3.63, 3.8) is 0 Å². The molecule has 1 saturated heterocycles. The van der Waals surface area contributed by atoms with E-state index in [2.05, 4.69) is 0 Å². The molecule has 1 aromatic rings. The van der Waals surface area contributed by atoms with Gasteiger partial charge in [-0.25, -0.2) is 0 Å². The van der Waals surface area contributed by atoms with Gasteiger partial charge in [-0.3, -0.25) is 4.79 Å². The number of ether oxygens (including phenoxy) is 2. The van der Waals surface area contributed by atoms with Gasteiger partial charge in [-0.2, -0.15) is 0 Å². The minimum absolute atomic E-state index is 0. The highest BCUT2D eigenvalue weighted by Gasteiger charge is 2.28. The maximum absolute atomic E-state index is 12.4. The van der Waals surface area contributed by atoms with Crippen molar-refractivity contribution < 1.29 is 14.3 Å². The monoisotopic (exact) mass is 284 g/mol. The molecule has 2 heterocycles. The summed E-state index contributed by atoms with van der Waals surface area (Å²) in [6, 6.07) is 5.50. The van der Waals surface area contributed by atoms with Gasteiger partial charge in [0.2, 0.25) is 0 Å². The van der Waals surface area contributed by atoms with Crippen LogP contribution in [0.3, 0.4) is 0 Å². The zero-order valence-corrected chi connectivity index (χ0v) is 11.3. The Morgan fingerprint density at radius 1 is 1.32 bits per heavy atom. The Morgan fingerprint density at radius 2 is 2.11 bits per heavy atom. The van der Waals surface area contributed by atoms with Crippen LogP contribution in [0, 0.1) is 0 Å². The van der Waals surface area contributed by atoms with Crippen LogP contribution in [0.5, 0.6) is 11.5 Å². The van der Waals surface area contributed by atoms with E-state index in [-0.39, 0.29) is 24.4 Å². The van der Waals surface area contributed by atoms with Crippen LogP contribution in [0.1, 0.15) is 16.8 Å². The fourth-order valence-electron chi connectivity index (χ4n) is 2.38. The molecule has 1 amide bonds. The SMILES string of the molecule is Cl.N[C@@H]1CCN(C(=O)c2cccc3c2OCCO3)C1. The molecule has 0 unspecified atom stereocenters. The summed E-state index contributed by atoms with van der Waals surface area (Å²) in [5.41, 5.74) is 6.40. The Bertz CT molecular complexity index is 481. The molecule has 3 rings (SSSR count). The average molecular weight is 285 g/mol. The van der Waals surface area contributed by atoms with Crippen molar-refractivity contribution in [3.8, 4) is 11.5 Å². The Balaban J connectivity index is 0.00000133. The predicted molar refractivity (Wildman–Crippen MR) is 73.2 cm³/mol. The lowest BCUT2D eigenvalue weighted by molar-refractivity contribution is 0.0780. The van der Waals surface area contributed by atoms with Gasteiger partial charge in [-0.15, -0.1) is 12.4 Å². The molecule has 1 aromatic carbocycles. The molecular formula is C13H17ClN2O3. The molecule has 0 aromatic heterocycles. The molecule has 0 bridgehead atoms. The van der Waals surface area contributed by atoms with E-state index in [0.717, 1.165) is 6.42 Å². The molecule has 6 heteroatoms. The van der Waals surface area contributed by atoms with Gasteiger partial charge < -0.3 is 20.1 Å². The van der Waals surface area contributed by atoms with Crippen LogP contribution in [0.2, 0.25) is 0 Å². The summed E-state index contributed by atoms with van der Waals surface area (Å²) >= 11 is 0. The Kier molecular flexibility index (Phi) is 4.17. The molecule has 0 radical (unpaired) electrons. The third-order valence-corrected chi connectivity index (χ3v) is 3.31. The largest absolute Gasteiger partial charge is 0.486 e. The number of benzene rings is 1. The molecule has 104 valence electrons. The molecule has 5 nitrogen and oxygen atoms in total. The highest BCUT2D eigenvalue weighted by molar-refractivity contribution is 5.98. The van der Waals surface area contributed by atoms with Gasteiger partial charge in [0, 0.05) is 19.1 Å². The number of nitrogens with two attached hydrogens (primary N) is 1. The number of hydrogen-bond donors (Lipinski definition) is 1. The maximum atomic E-state index is 12.4. The molecular weight excluding hydrogens is 268 g/mol. The number of likely N-dealkylation sites (tertiary alicyclic amines) is 1. The first-order valence-corrected chi connectivity index (χ1v) is 6.19. The van der Waals surface area contributed by atoms with E-state index in [0.29, 0.717) is 43.4 Å². The summed E-state index contributed by atoms with van der Waals surface area (Å²) in [4.78, 5) is 14.2. The standard InChI is InChI=1S/C13H16N2O3.ClH/c14-9-4-5-15(8-9)13(16)10-2-1-3-11-12(10)18-7-6-17-11;/h1-3,9H,4-8,14H2;1H/t9-;/m1./s1. The quantitative estimate of drug-likeness (QED) is 0.837. The lowest BCUT2D eigenvalue weighted by Crippen LogP contribution is -2.32. The van der Waals surface area contributed by atoms with Crippen LogP contribution in [-0.2, 0) is 0 Å². The van der Waals surface area contributed by atoms with E-state index < -0.39 is 0 Å². The number of carbonyl (C=O) groups excluding carboxylic acids is 1. The Hall–Kier alpha value is -1.46. The summed E-state index contributed by atoms with van der Waals surface area (Å²) in [6.45, 7) is 2.34. The van der Waals surface area contributed by atoms with Crippen LogP contribution >= 0.6 is 12.4 Å². The summed E-state index contributed by atoms with van der Waals surface area (Å²) < 4.78 is 11.0. The van der Waals surface area contributed by atoms with Gasteiger partial charge in [0.1, 0.15) is 13.2 Å². The zero-order valence-electron chi connectivity index (χ0n) is 10.5. The zero-order chi connectivity index (χ0) is 12.5. The van der Waals surface area contributed by atoms with Crippen LogP contribution < -0.4 is 15.2 Å². The minimum Gasteiger partial charge on any atom is -0.486 e. The lowest BCUT2D eigenvalue weighted by Gasteiger charge is -2.23. The molecule has 2 aliphatic rings. The van der Waals surface area contributed by atoms with E-state index in [1.165, 1.54) is 0 Å². The van der Waals surface area contributed by atoms with Crippen molar-refractivity contribution in [3.05, 3.63) is 23.8 Å². The minimum atomic E-state index is -0.0229. The molecule has 0 spiro atoms. The molecule has 19 heavy (non-hydrogen) atoms. The molecule has 2 aliphatic heterocycles. The smallest absolute Gasteiger partial charge is 0.257 e. The highest BCUT2D eigenvalue weighted by Crippen LogP contribution is 2.34. The Labute approximate surface area is 118 Å². The van der Waals surface area contributed by atoms with E-state index in [1.54, 1.807) is 11.0 Å². The second kappa shape index (κ2) is 5.67. The van der Waals surface area contributed by atoms with Gasteiger partial charge >= 0.3 is 0 Å². The van der Waals surface area contributed by atoms with Crippen molar-refractivity contribution in [2.24, 2.45) is 5.73 Å². The van der Waals surface area contributed by atoms with Crippen LogP contribution in [-0.4, -0.2) is 43.2 Å². The fourth-order valence-corrected chi connectivity index (χ4v) is 2.38. The van der Waals surface area contributed by atoms with Crippen LogP contribution in [0.4, 0.5) is 0 Å². The summed E-state index contributed by atoms with van der Waals surface area (Å²) in [6.07, 6.45) is 0.859. The number of carbonyl (C=O) groups is 1. The van der Waals surface area contributed by atoms with Gasteiger partial charge in [-0.05, 0) is 18.6 Å². The van der Waals surface area contributed by atoms with Crippen LogP contribution in [0.15, 0.2) is 18.2 Å². The van der Waals surface area contributed by atoms with Gasteiger partial charge in [0.15, 0.2) is 11.5 Å². The first-order chi connectivity index (χ1) is 8.75. The summed E-state index contributed by atoms with van der Waals surface area (Å²) in [5, 5.41) is 0. The van der Waals surface area contributed by atoms with Crippen molar-refractivity contribution in [1.29, 1.82) is 0 Å². The topological polar surface area (TPSA) is 64.8 Å².